The lowest BCUT2D eigenvalue weighted by atomic mass is 10.1. The largest absolute Gasteiger partial charge is 0.378 e. The zero-order chi connectivity index (χ0) is 8.53. The Kier molecular flexibility index (Phi) is 7.89. The Hall–Kier alpha value is -0.120. The van der Waals surface area contributed by atoms with Crippen molar-refractivity contribution < 1.29 is 4.74 Å². The maximum atomic E-state index is 5.45. The van der Waals surface area contributed by atoms with Gasteiger partial charge in [0.25, 0.3) is 0 Å². The van der Waals surface area contributed by atoms with E-state index in [1.54, 1.807) is 0 Å². The average Bonchev–Trinajstić information content (AvgIpc) is 2.01. The second kappa shape index (κ2) is 7.98. The summed E-state index contributed by atoms with van der Waals surface area (Å²) in [7, 11) is 0. The van der Waals surface area contributed by atoms with Crippen LogP contribution in [0.15, 0.2) is 0 Å². The summed E-state index contributed by atoms with van der Waals surface area (Å²) in [5.41, 5.74) is 10.8. The summed E-state index contributed by atoms with van der Waals surface area (Å²) in [5, 5.41) is 0. The molecule has 0 bridgehead atoms. The molecule has 3 heteroatoms. The van der Waals surface area contributed by atoms with Crippen molar-refractivity contribution in [1.82, 2.24) is 0 Å². The second-order valence-corrected chi connectivity index (χ2v) is 2.59. The van der Waals surface area contributed by atoms with Gasteiger partial charge >= 0.3 is 0 Å². The van der Waals surface area contributed by atoms with Crippen LogP contribution >= 0.6 is 0 Å². The highest BCUT2D eigenvalue weighted by molar-refractivity contribution is 4.58. The zero-order valence-electron chi connectivity index (χ0n) is 7.38. The summed E-state index contributed by atoms with van der Waals surface area (Å²) in [4.78, 5) is 0. The molecule has 0 amide bonds. The number of ether oxygens (including phenoxy) is 1. The van der Waals surface area contributed by atoms with Gasteiger partial charge in [0, 0.05) is 6.61 Å². The van der Waals surface area contributed by atoms with Gasteiger partial charge in [0.15, 0.2) is 0 Å². The third-order valence-corrected chi connectivity index (χ3v) is 1.62. The zero-order valence-corrected chi connectivity index (χ0v) is 7.38. The van der Waals surface area contributed by atoms with Crippen LogP contribution in [0.3, 0.4) is 0 Å². The quantitative estimate of drug-likeness (QED) is 0.569. The minimum atomic E-state index is 0.327. The Bertz CT molecular complexity index is 72.5. The molecule has 1 unspecified atom stereocenters. The van der Waals surface area contributed by atoms with E-state index in [4.69, 9.17) is 16.2 Å². The summed E-state index contributed by atoms with van der Waals surface area (Å²) in [6.07, 6.45) is 3.36. The molecule has 68 valence electrons. The van der Waals surface area contributed by atoms with Crippen molar-refractivity contribution in [3.63, 3.8) is 0 Å². The SMILES string of the molecule is CCOC(CCN)CCCN. The molecule has 0 radical (unpaired) electrons. The van der Waals surface area contributed by atoms with E-state index in [1.165, 1.54) is 0 Å². The van der Waals surface area contributed by atoms with Gasteiger partial charge in [-0.15, -0.1) is 0 Å². The number of hydrogen-bond donors (Lipinski definition) is 2. The summed E-state index contributed by atoms with van der Waals surface area (Å²) in [6, 6.07) is 0. The number of hydrogen-bond acceptors (Lipinski definition) is 3. The van der Waals surface area contributed by atoms with Crippen molar-refractivity contribution in [2.24, 2.45) is 11.5 Å². The normalized spacial score (nSPS) is 13.4. The van der Waals surface area contributed by atoms with E-state index in [-0.39, 0.29) is 0 Å². The first-order chi connectivity index (χ1) is 5.35. The molecule has 0 aliphatic heterocycles. The topological polar surface area (TPSA) is 61.3 Å². The van der Waals surface area contributed by atoms with Crippen LogP contribution in [-0.4, -0.2) is 25.8 Å². The fourth-order valence-corrected chi connectivity index (χ4v) is 1.08. The van der Waals surface area contributed by atoms with Crippen molar-refractivity contribution in [3.8, 4) is 0 Å². The van der Waals surface area contributed by atoms with Crippen LogP contribution in [0.2, 0.25) is 0 Å². The molecule has 0 aromatic carbocycles. The predicted molar refractivity (Wildman–Crippen MR) is 47.4 cm³/mol. The molecule has 1 atom stereocenters. The van der Waals surface area contributed by atoms with Crippen LogP contribution in [0.5, 0.6) is 0 Å². The summed E-state index contributed by atoms with van der Waals surface area (Å²) in [5.74, 6) is 0. The molecule has 11 heavy (non-hydrogen) atoms. The van der Waals surface area contributed by atoms with Crippen LogP contribution in [0.1, 0.15) is 26.2 Å². The van der Waals surface area contributed by atoms with E-state index in [2.05, 4.69) is 0 Å². The molecule has 0 fully saturated rings. The Morgan fingerprint density at radius 2 is 1.91 bits per heavy atom. The fourth-order valence-electron chi connectivity index (χ4n) is 1.08. The highest BCUT2D eigenvalue weighted by Crippen LogP contribution is 2.04. The molecule has 4 N–H and O–H groups in total. The summed E-state index contributed by atoms with van der Waals surface area (Å²) in [6.45, 7) is 4.23. The molecule has 0 rings (SSSR count). The smallest absolute Gasteiger partial charge is 0.0587 e. The molecule has 0 aliphatic carbocycles. The first-order valence-corrected chi connectivity index (χ1v) is 4.36. The molecule has 3 nitrogen and oxygen atoms in total. The van der Waals surface area contributed by atoms with Gasteiger partial charge in [-0.05, 0) is 39.3 Å². The number of rotatable bonds is 7. The Morgan fingerprint density at radius 1 is 1.18 bits per heavy atom. The summed E-state index contributed by atoms with van der Waals surface area (Å²) < 4.78 is 5.45. The number of nitrogens with two attached hydrogens (primary N) is 2. The van der Waals surface area contributed by atoms with Crippen molar-refractivity contribution in [1.29, 1.82) is 0 Å². The van der Waals surface area contributed by atoms with Crippen LogP contribution in [0.25, 0.3) is 0 Å². The molecule has 0 aromatic heterocycles. The van der Waals surface area contributed by atoms with Gasteiger partial charge < -0.3 is 16.2 Å². The lowest BCUT2D eigenvalue weighted by Gasteiger charge is -2.14. The van der Waals surface area contributed by atoms with Crippen LogP contribution < -0.4 is 11.5 Å². The molecular weight excluding hydrogens is 140 g/mol. The predicted octanol–water partition coefficient (Wildman–Crippen LogP) is 0.479. The van der Waals surface area contributed by atoms with Crippen LogP contribution in [0.4, 0.5) is 0 Å². The fraction of sp³-hybridized carbons (Fsp3) is 1.00. The molecule has 0 aliphatic rings. The standard InChI is InChI=1S/C8H20N2O/c1-2-11-8(5-7-10)4-3-6-9/h8H,2-7,9-10H2,1H3. The van der Waals surface area contributed by atoms with Crippen LogP contribution in [0, 0.1) is 0 Å². The van der Waals surface area contributed by atoms with Crippen molar-refractivity contribution in [2.45, 2.75) is 32.3 Å². The minimum Gasteiger partial charge on any atom is -0.378 e. The van der Waals surface area contributed by atoms with E-state index >= 15 is 0 Å². The monoisotopic (exact) mass is 160 g/mol. The second-order valence-electron chi connectivity index (χ2n) is 2.59. The molecule has 0 saturated carbocycles. The third-order valence-electron chi connectivity index (χ3n) is 1.62. The van der Waals surface area contributed by atoms with Gasteiger partial charge in [0.1, 0.15) is 0 Å². The average molecular weight is 160 g/mol. The molecule has 0 spiro atoms. The highest BCUT2D eigenvalue weighted by atomic mass is 16.5. The maximum absolute atomic E-state index is 5.45. The van der Waals surface area contributed by atoms with Crippen LogP contribution in [-0.2, 0) is 4.74 Å². The lowest BCUT2D eigenvalue weighted by molar-refractivity contribution is 0.0515. The van der Waals surface area contributed by atoms with Crippen molar-refractivity contribution in [2.75, 3.05) is 19.7 Å². The van der Waals surface area contributed by atoms with Crippen molar-refractivity contribution >= 4 is 0 Å². The van der Waals surface area contributed by atoms with E-state index in [1.807, 2.05) is 6.92 Å². The van der Waals surface area contributed by atoms with Gasteiger partial charge in [-0.1, -0.05) is 0 Å². The van der Waals surface area contributed by atoms with E-state index in [0.717, 1.165) is 32.4 Å². The molecule has 0 saturated heterocycles. The third kappa shape index (κ3) is 6.28. The molecule has 0 aromatic rings. The van der Waals surface area contributed by atoms with Gasteiger partial charge in [-0.2, -0.15) is 0 Å². The van der Waals surface area contributed by atoms with E-state index in [0.29, 0.717) is 12.6 Å². The van der Waals surface area contributed by atoms with Crippen molar-refractivity contribution in [3.05, 3.63) is 0 Å². The van der Waals surface area contributed by atoms with E-state index in [9.17, 15) is 0 Å². The molecule has 0 heterocycles. The minimum absolute atomic E-state index is 0.327. The first-order valence-electron chi connectivity index (χ1n) is 4.36. The Balaban J connectivity index is 3.34. The Labute approximate surface area is 69.1 Å². The highest BCUT2D eigenvalue weighted by Gasteiger charge is 2.05. The lowest BCUT2D eigenvalue weighted by Crippen LogP contribution is -2.19. The van der Waals surface area contributed by atoms with Gasteiger partial charge in [0.05, 0.1) is 6.10 Å². The van der Waals surface area contributed by atoms with Gasteiger partial charge in [0.2, 0.25) is 0 Å². The molecular formula is C8H20N2O. The first kappa shape index (κ1) is 10.9. The maximum Gasteiger partial charge on any atom is 0.0587 e. The summed E-state index contributed by atoms with van der Waals surface area (Å²) >= 11 is 0. The van der Waals surface area contributed by atoms with Gasteiger partial charge in [-0.25, -0.2) is 0 Å². The van der Waals surface area contributed by atoms with E-state index < -0.39 is 0 Å². The van der Waals surface area contributed by atoms with Gasteiger partial charge in [-0.3, -0.25) is 0 Å². The Morgan fingerprint density at radius 3 is 2.36 bits per heavy atom.